The Balaban J connectivity index is 2.29. The molecule has 0 saturated carbocycles. The minimum absolute atomic E-state index is 0.0201. The van der Waals surface area contributed by atoms with Crippen LogP contribution in [0.25, 0.3) is 0 Å². The molecule has 6 nitrogen and oxygen atoms in total. The third kappa shape index (κ3) is 9.18. The maximum atomic E-state index is 15.4. The van der Waals surface area contributed by atoms with Gasteiger partial charge in [-0.1, -0.05) is 12.1 Å². The van der Waals surface area contributed by atoms with Crippen molar-refractivity contribution in [2.75, 3.05) is 11.9 Å². The van der Waals surface area contributed by atoms with Crippen molar-refractivity contribution in [3.8, 4) is 5.75 Å². The van der Waals surface area contributed by atoms with Crippen LogP contribution in [0.1, 0.15) is 43.9 Å². The molecule has 0 aliphatic rings. The summed E-state index contributed by atoms with van der Waals surface area (Å²) in [5.74, 6) is -5.10. The summed E-state index contributed by atoms with van der Waals surface area (Å²) in [4.78, 5) is 24.8. The highest BCUT2D eigenvalue weighted by Crippen LogP contribution is 2.40. The Morgan fingerprint density at radius 2 is 1.68 bits per heavy atom. The normalized spacial score (nSPS) is 13.1. The summed E-state index contributed by atoms with van der Waals surface area (Å²) in [6.07, 6.45) is -6.95. The van der Waals surface area contributed by atoms with Gasteiger partial charge in [0.1, 0.15) is 23.5 Å². The number of ether oxygens (including phenoxy) is 2. The highest BCUT2D eigenvalue weighted by atomic mass is 19.4. The fourth-order valence-corrected chi connectivity index (χ4v) is 3.41. The molecule has 0 aromatic heterocycles. The zero-order valence-corrected chi connectivity index (χ0v) is 20.9. The van der Waals surface area contributed by atoms with Gasteiger partial charge < -0.3 is 24.5 Å². The number of nitrogens with one attached hydrogen (secondary N) is 1. The van der Waals surface area contributed by atoms with Crippen molar-refractivity contribution in [3.63, 3.8) is 0 Å². The summed E-state index contributed by atoms with van der Waals surface area (Å²) >= 11 is 0. The number of nitrogens with zero attached hydrogens (tertiary/aromatic N) is 1. The molecule has 1 N–H and O–H groups in total. The molecule has 0 aliphatic carbocycles. The first kappa shape index (κ1) is 29.8. The van der Waals surface area contributed by atoms with E-state index in [-0.39, 0.29) is 24.1 Å². The summed E-state index contributed by atoms with van der Waals surface area (Å²) in [6, 6.07) is 5.07. The van der Waals surface area contributed by atoms with E-state index < -0.39 is 53.6 Å². The molecule has 1 unspecified atom stereocenters. The van der Waals surface area contributed by atoms with Crippen LogP contribution in [0.2, 0.25) is 0 Å². The molecule has 37 heavy (non-hydrogen) atoms. The van der Waals surface area contributed by atoms with Gasteiger partial charge >= 0.3 is 12.5 Å². The number of aryl methyl sites for hydroxylation is 1. The average Bonchev–Trinajstić information content (AvgIpc) is 2.73. The molecule has 1 atom stereocenters. The van der Waals surface area contributed by atoms with Crippen LogP contribution in [0, 0.1) is 12.7 Å². The number of anilines is 1. The van der Waals surface area contributed by atoms with Crippen LogP contribution in [0.15, 0.2) is 36.4 Å². The molecule has 2 aromatic rings. The summed E-state index contributed by atoms with van der Waals surface area (Å²) < 4.78 is 91.1. The fourth-order valence-electron chi connectivity index (χ4n) is 3.41. The molecule has 0 saturated heterocycles. The Morgan fingerprint density at radius 3 is 2.19 bits per heavy atom. The van der Waals surface area contributed by atoms with Gasteiger partial charge in [-0.15, -0.1) is 13.2 Å². The number of rotatable bonds is 9. The second-order valence-electron chi connectivity index (χ2n) is 9.46. The van der Waals surface area contributed by atoms with E-state index >= 15 is 8.78 Å². The van der Waals surface area contributed by atoms with E-state index in [1.807, 2.05) is 0 Å². The van der Waals surface area contributed by atoms with Crippen LogP contribution in [0.4, 0.5) is 36.8 Å². The van der Waals surface area contributed by atoms with Crippen molar-refractivity contribution < 1.29 is 45.4 Å². The largest absolute Gasteiger partial charge is 0.573 e. The van der Waals surface area contributed by atoms with Gasteiger partial charge in [-0.2, -0.15) is 0 Å². The van der Waals surface area contributed by atoms with Gasteiger partial charge in [0.05, 0.1) is 6.04 Å². The maximum absolute atomic E-state index is 15.4. The summed E-state index contributed by atoms with van der Waals surface area (Å²) in [7, 11) is 1.45. The van der Waals surface area contributed by atoms with E-state index in [1.54, 1.807) is 20.8 Å². The second kappa shape index (κ2) is 11.3. The maximum Gasteiger partial charge on any atom is 0.573 e. The van der Waals surface area contributed by atoms with Crippen molar-refractivity contribution in [2.45, 2.75) is 64.6 Å². The number of benzene rings is 2. The Hall–Kier alpha value is -3.44. The first-order chi connectivity index (χ1) is 16.9. The van der Waals surface area contributed by atoms with Crippen molar-refractivity contribution in [1.82, 2.24) is 5.32 Å². The molecule has 12 heteroatoms. The molecule has 2 rings (SSSR count). The number of carbonyl (C=O) groups excluding carboxylic acids is 2. The number of carbonyl (C=O) groups is 2. The van der Waals surface area contributed by atoms with Crippen molar-refractivity contribution in [1.29, 1.82) is 0 Å². The lowest BCUT2D eigenvalue weighted by Crippen LogP contribution is -2.42. The standard InChI is InChI=1S/C25H28F6N2O4/c1-15-10-21(33(5)13-16-6-8-18(9-7-16)36-25(29,30)31)19(11-20(15)26)24(27,28)12-17(14-34)32-22(35)37-23(2,3)4/h6-11,14,17H,12-13H2,1-5H3,(H,32,35). The predicted molar refractivity (Wildman–Crippen MR) is 124 cm³/mol. The number of aldehydes is 1. The van der Waals surface area contributed by atoms with Gasteiger partial charge in [-0.05, 0) is 63.1 Å². The predicted octanol–water partition coefficient (Wildman–Crippen LogP) is 6.24. The smallest absolute Gasteiger partial charge is 0.444 e. The van der Waals surface area contributed by atoms with Crippen molar-refractivity contribution in [2.24, 2.45) is 0 Å². The van der Waals surface area contributed by atoms with Gasteiger partial charge in [0.2, 0.25) is 0 Å². The summed E-state index contributed by atoms with van der Waals surface area (Å²) in [5.41, 5.74) is -1.18. The molecule has 2 aromatic carbocycles. The first-order valence-corrected chi connectivity index (χ1v) is 11.1. The van der Waals surface area contributed by atoms with Gasteiger partial charge in [-0.25, -0.2) is 18.0 Å². The molecular weight excluding hydrogens is 506 g/mol. The first-order valence-electron chi connectivity index (χ1n) is 11.1. The Labute approximate surface area is 210 Å². The SMILES string of the molecule is Cc1cc(N(C)Cc2ccc(OC(F)(F)F)cc2)c(C(F)(F)CC(C=O)NC(=O)OC(C)(C)C)cc1F. The molecular formula is C25H28F6N2O4. The lowest BCUT2D eigenvalue weighted by atomic mass is 9.97. The van der Waals surface area contributed by atoms with Gasteiger partial charge in [-0.3, -0.25) is 0 Å². The lowest BCUT2D eigenvalue weighted by Gasteiger charge is -2.29. The monoisotopic (exact) mass is 534 g/mol. The van der Waals surface area contributed by atoms with E-state index in [9.17, 15) is 27.2 Å². The molecule has 1 amide bonds. The van der Waals surface area contributed by atoms with Crippen LogP contribution in [0.3, 0.4) is 0 Å². The fraction of sp³-hybridized carbons (Fsp3) is 0.440. The van der Waals surface area contributed by atoms with Crippen molar-refractivity contribution in [3.05, 3.63) is 58.9 Å². The number of halogens is 6. The zero-order chi connectivity index (χ0) is 28.2. The molecule has 0 heterocycles. The summed E-state index contributed by atoms with van der Waals surface area (Å²) in [5, 5.41) is 2.08. The zero-order valence-electron chi connectivity index (χ0n) is 20.9. The minimum Gasteiger partial charge on any atom is -0.444 e. The summed E-state index contributed by atoms with van der Waals surface area (Å²) in [6.45, 7) is 6.05. The van der Waals surface area contributed by atoms with E-state index in [0.29, 0.717) is 11.6 Å². The topological polar surface area (TPSA) is 67.9 Å². The minimum atomic E-state index is -4.86. The quantitative estimate of drug-likeness (QED) is 0.305. The van der Waals surface area contributed by atoms with Crippen molar-refractivity contribution >= 4 is 18.1 Å². The van der Waals surface area contributed by atoms with Gasteiger partial charge in [0, 0.05) is 31.3 Å². The van der Waals surface area contributed by atoms with Crippen LogP contribution < -0.4 is 15.0 Å². The number of hydrogen-bond donors (Lipinski definition) is 1. The van der Waals surface area contributed by atoms with Crippen LogP contribution in [0.5, 0.6) is 5.75 Å². The molecule has 0 fully saturated rings. The average molecular weight is 534 g/mol. The van der Waals surface area contributed by atoms with E-state index in [4.69, 9.17) is 4.74 Å². The molecule has 204 valence electrons. The Bertz CT molecular complexity index is 1100. The number of hydrogen-bond acceptors (Lipinski definition) is 5. The highest BCUT2D eigenvalue weighted by molar-refractivity contribution is 5.73. The Kier molecular flexibility index (Phi) is 9.10. The van der Waals surface area contributed by atoms with Gasteiger partial charge in [0.15, 0.2) is 0 Å². The van der Waals surface area contributed by atoms with Crippen LogP contribution >= 0.6 is 0 Å². The molecule has 0 radical (unpaired) electrons. The van der Waals surface area contributed by atoms with Crippen LogP contribution in [-0.4, -0.2) is 37.4 Å². The molecule has 0 aliphatic heterocycles. The number of alkyl carbamates (subject to hydrolysis) is 1. The highest BCUT2D eigenvalue weighted by Gasteiger charge is 2.39. The Morgan fingerprint density at radius 1 is 1.08 bits per heavy atom. The third-order valence-electron chi connectivity index (χ3n) is 5.00. The van der Waals surface area contributed by atoms with E-state index in [1.165, 1.54) is 37.1 Å². The second-order valence-corrected chi connectivity index (χ2v) is 9.46. The third-order valence-corrected chi connectivity index (χ3v) is 5.00. The molecule has 0 bridgehead atoms. The van der Waals surface area contributed by atoms with Crippen LogP contribution in [-0.2, 0) is 22.0 Å². The van der Waals surface area contributed by atoms with E-state index in [2.05, 4.69) is 10.1 Å². The lowest BCUT2D eigenvalue weighted by molar-refractivity contribution is -0.274. The molecule has 0 spiro atoms. The number of alkyl halides is 5. The van der Waals surface area contributed by atoms with Gasteiger partial charge in [0.25, 0.3) is 5.92 Å². The van der Waals surface area contributed by atoms with E-state index in [0.717, 1.165) is 12.1 Å². The number of amides is 1.